The summed E-state index contributed by atoms with van der Waals surface area (Å²) in [5.41, 5.74) is 1.25. The first-order valence-corrected chi connectivity index (χ1v) is 11.4. The van der Waals surface area contributed by atoms with Gasteiger partial charge in [-0.1, -0.05) is 50.4 Å². The van der Waals surface area contributed by atoms with Gasteiger partial charge in [-0.05, 0) is 59.7 Å². The van der Waals surface area contributed by atoms with Crippen molar-refractivity contribution in [1.29, 1.82) is 0 Å². The number of rotatable bonds is 8. The molecule has 29 heavy (non-hydrogen) atoms. The van der Waals surface area contributed by atoms with E-state index in [1.807, 2.05) is 12.1 Å². The molecule has 1 saturated heterocycles. The molecule has 2 aliphatic rings. The summed E-state index contributed by atoms with van der Waals surface area (Å²) in [6, 6.07) is 8.74. The molecule has 4 rings (SSSR count). The Balaban J connectivity index is 1.63. The van der Waals surface area contributed by atoms with Gasteiger partial charge in [0.15, 0.2) is 5.82 Å². The summed E-state index contributed by atoms with van der Waals surface area (Å²) in [6.07, 6.45) is 7.42. The normalized spacial score (nSPS) is 21.5. The average Bonchev–Trinajstić information content (AvgIpc) is 3.45. The van der Waals surface area contributed by atoms with Crippen molar-refractivity contribution in [3.8, 4) is 0 Å². The molecule has 2 fully saturated rings. The van der Waals surface area contributed by atoms with Crippen LogP contribution >= 0.6 is 11.6 Å². The van der Waals surface area contributed by atoms with Gasteiger partial charge in [-0.3, -0.25) is 4.90 Å². The van der Waals surface area contributed by atoms with Gasteiger partial charge in [-0.15, -0.1) is 5.10 Å². The number of ether oxygens (including phenoxy) is 1. The molecule has 0 amide bonds. The predicted molar refractivity (Wildman–Crippen MR) is 114 cm³/mol. The Labute approximate surface area is 178 Å². The second-order valence-electron chi connectivity index (χ2n) is 8.80. The molecule has 1 aliphatic heterocycles. The Kier molecular flexibility index (Phi) is 6.83. The van der Waals surface area contributed by atoms with Crippen molar-refractivity contribution in [3.63, 3.8) is 0 Å². The number of aromatic nitrogens is 4. The maximum atomic E-state index is 6.11. The van der Waals surface area contributed by atoms with E-state index in [1.165, 1.54) is 31.2 Å². The van der Waals surface area contributed by atoms with Crippen LogP contribution in [0.15, 0.2) is 24.3 Å². The number of halogens is 1. The van der Waals surface area contributed by atoms with E-state index < -0.39 is 0 Å². The van der Waals surface area contributed by atoms with E-state index in [4.69, 9.17) is 16.3 Å². The van der Waals surface area contributed by atoms with Crippen LogP contribution in [0.25, 0.3) is 0 Å². The quantitative estimate of drug-likeness (QED) is 0.616. The van der Waals surface area contributed by atoms with Gasteiger partial charge in [-0.2, -0.15) is 0 Å². The predicted octanol–water partition coefficient (Wildman–Crippen LogP) is 4.82. The van der Waals surface area contributed by atoms with Crippen LogP contribution in [0.3, 0.4) is 0 Å². The maximum absolute atomic E-state index is 6.11. The average molecular weight is 418 g/mol. The molecule has 158 valence electrons. The second-order valence-corrected chi connectivity index (χ2v) is 9.24. The Hall–Kier alpha value is -1.50. The van der Waals surface area contributed by atoms with Crippen molar-refractivity contribution in [3.05, 3.63) is 40.7 Å². The van der Waals surface area contributed by atoms with E-state index in [1.54, 1.807) is 0 Å². The number of nitrogens with zero attached hydrogens (tertiary/aromatic N) is 5. The van der Waals surface area contributed by atoms with Crippen LogP contribution < -0.4 is 0 Å². The number of tetrazole rings is 1. The molecule has 1 aromatic carbocycles. The van der Waals surface area contributed by atoms with Crippen LogP contribution in [-0.2, 0) is 11.3 Å². The molecule has 0 radical (unpaired) electrons. The summed E-state index contributed by atoms with van der Waals surface area (Å²) in [7, 11) is 0. The SMILES string of the molecule is CC(C)C(c1nnnn1C1CCCC1)N(Cc1ccc(Cl)cc1)CC1CCCO1. The molecule has 1 aromatic heterocycles. The molecule has 2 atom stereocenters. The number of hydrogen-bond donors (Lipinski definition) is 0. The van der Waals surface area contributed by atoms with Gasteiger partial charge in [-0.25, -0.2) is 4.68 Å². The number of hydrogen-bond acceptors (Lipinski definition) is 5. The van der Waals surface area contributed by atoms with Gasteiger partial charge in [0.05, 0.1) is 18.2 Å². The molecule has 0 bridgehead atoms. The molecular weight excluding hydrogens is 386 g/mol. The Morgan fingerprint density at radius 2 is 1.90 bits per heavy atom. The third-order valence-corrected chi connectivity index (χ3v) is 6.49. The Morgan fingerprint density at radius 1 is 1.14 bits per heavy atom. The Morgan fingerprint density at radius 3 is 2.55 bits per heavy atom. The summed E-state index contributed by atoms with van der Waals surface area (Å²) in [5.74, 6) is 1.38. The van der Waals surface area contributed by atoms with Gasteiger partial charge >= 0.3 is 0 Å². The van der Waals surface area contributed by atoms with Gasteiger partial charge in [0.25, 0.3) is 0 Å². The third-order valence-electron chi connectivity index (χ3n) is 6.24. The van der Waals surface area contributed by atoms with Crippen LogP contribution in [0, 0.1) is 5.92 Å². The lowest BCUT2D eigenvalue weighted by molar-refractivity contribution is 0.0381. The highest BCUT2D eigenvalue weighted by atomic mass is 35.5. The van der Waals surface area contributed by atoms with Crippen LogP contribution in [0.2, 0.25) is 5.02 Å². The molecule has 1 saturated carbocycles. The fourth-order valence-electron chi connectivity index (χ4n) is 4.84. The highest BCUT2D eigenvalue weighted by molar-refractivity contribution is 6.30. The lowest BCUT2D eigenvalue weighted by Gasteiger charge is -2.35. The van der Waals surface area contributed by atoms with Gasteiger partial charge in [0.2, 0.25) is 0 Å². The van der Waals surface area contributed by atoms with Gasteiger partial charge < -0.3 is 4.74 Å². The Bertz CT molecular complexity index is 766. The van der Waals surface area contributed by atoms with Crippen LogP contribution in [0.5, 0.6) is 0 Å². The van der Waals surface area contributed by atoms with Gasteiger partial charge in [0, 0.05) is 24.7 Å². The zero-order valence-corrected chi connectivity index (χ0v) is 18.3. The molecule has 2 heterocycles. The van der Waals surface area contributed by atoms with E-state index in [0.717, 1.165) is 43.4 Å². The summed E-state index contributed by atoms with van der Waals surface area (Å²) < 4.78 is 8.11. The summed E-state index contributed by atoms with van der Waals surface area (Å²) in [6.45, 7) is 7.12. The molecule has 0 N–H and O–H groups in total. The van der Waals surface area contributed by atoms with Crippen LogP contribution in [0.1, 0.15) is 75.8 Å². The zero-order chi connectivity index (χ0) is 20.2. The van der Waals surface area contributed by atoms with Crippen molar-refractivity contribution >= 4 is 11.6 Å². The standard InChI is InChI=1S/C22H32ClN5O/c1-16(2)21(22-24-25-26-28(22)19-6-3-4-7-19)27(15-20-8-5-13-29-20)14-17-9-11-18(23)12-10-17/h9-12,16,19-21H,3-8,13-15H2,1-2H3. The minimum absolute atomic E-state index is 0.144. The molecule has 0 spiro atoms. The third kappa shape index (κ3) is 4.98. The van der Waals surface area contributed by atoms with E-state index in [0.29, 0.717) is 12.0 Å². The minimum atomic E-state index is 0.144. The topological polar surface area (TPSA) is 56.1 Å². The van der Waals surface area contributed by atoms with Crippen LogP contribution in [-0.4, -0.2) is 44.4 Å². The van der Waals surface area contributed by atoms with E-state index in [9.17, 15) is 0 Å². The first kappa shape index (κ1) is 20.8. The van der Waals surface area contributed by atoms with Crippen molar-refractivity contribution in [2.75, 3.05) is 13.2 Å². The minimum Gasteiger partial charge on any atom is -0.377 e. The number of benzene rings is 1. The van der Waals surface area contributed by atoms with Crippen molar-refractivity contribution < 1.29 is 4.74 Å². The highest BCUT2D eigenvalue weighted by Crippen LogP contribution is 2.35. The van der Waals surface area contributed by atoms with E-state index in [2.05, 4.69) is 51.1 Å². The van der Waals surface area contributed by atoms with Crippen molar-refractivity contribution in [2.24, 2.45) is 5.92 Å². The fraction of sp³-hybridized carbons (Fsp3) is 0.682. The summed E-state index contributed by atoms with van der Waals surface area (Å²) in [5, 5.41) is 13.8. The molecule has 7 heteroatoms. The summed E-state index contributed by atoms with van der Waals surface area (Å²) in [4.78, 5) is 2.51. The molecule has 2 unspecified atom stereocenters. The monoisotopic (exact) mass is 417 g/mol. The highest BCUT2D eigenvalue weighted by Gasteiger charge is 2.34. The molecule has 1 aliphatic carbocycles. The summed E-state index contributed by atoms with van der Waals surface area (Å²) >= 11 is 6.11. The van der Waals surface area contributed by atoms with E-state index in [-0.39, 0.29) is 12.1 Å². The lowest BCUT2D eigenvalue weighted by Crippen LogP contribution is -2.39. The first-order chi connectivity index (χ1) is 14.1. The van der Waals surface area contributed by atoms with Crippen LogP contribution in [0.4, 0.5) is 0 Å². The smallest absolute Gasteiger partial charge is 0.168 e. The molecular formula is C22H32ClN5O. The van der Waals surface area contributed by atoms with Gasteiger partial charge in [0.1, 0.15) is 0 Å². The first-order valence-electron chi connectivity index (χ1n) is 11.0. The second kappa shape index (κ2) is 9.54. The molecule has 2 aromatic rings. The van der Waals surface area contributed by atoms with Crippen molar-refractivity contribution in [2.45, 2.75) is 77.1 Å². The molecule has 6 nitrogen and oxygen atoms in total. The van der Waals surface area contributed by atoms with E-state index >= 15 is 0 Å². The largest absolute Gasteiger partial charge is 0.377 e. The lowest BCUT2D eigenvalue weighted by atomic mass is 9.99. The zero-order valence-electron chi connectivity index (χ0n) is 17.5. The fourth-order valence-corrected chi connectivity index (χ4v) is 4.96. The maximum Gasteiger partial charge on any atom is 0.168 e. The van der Waals surface area contributed by atoms with Crippen molar-refractivity contribution in [1.82, 2.24) is 25.1 Å².